The Morgan fingerprint density at radius 2 is 1.64 bits per heavy atom. The molecule has 0 heterocycles. The number of non-ortho nitro benzene ring substituents is 1. The third-order valence-electron chi connectivity index (χ3n) is 3.73. The molecule has 0 amide bonds. The van der Waals surface area contributed by atoms with E-state index in [-0.39, 0.29) is 44.1 Å². The fourth-order valence-corrected chi connectivity index (χ4v) is 2.94. The number of halogens is 3. The van der Waals surface area contributed by atoms with E-state index in [0.29, 0.717) is 0 Å². The Balaban J connectivity index is 1.95. The van der Waals surface area contributed by atoms with Gasteiger partial charge in [-0.2, -0.15) is 0 Å². The van der Waals surface area contributed by atoms with E-state index in [1.165, 1.54) is 30.3 Å². The number of nitrogens with zero attached hydrogens (tertiary/aromatic N) is 1. The highest BCUT2D eigenvalue weighted by atomic mass is 35.5. The number of ether oxygens (including phenoxy) is 1. The molecule has 0 fully saturated rings. The normalized spacial score (nSPS) is 10.5. The van der Waals surface area contributed by atoms with Crippen molar-refractivity contribution in [3.8, 4) is 17.2 Å². The molecule has 0 aromatic heterocycles. The standard InChI is InChI=1S/C19H10Cl2FNO5/c20-15-7-12(23(26)27)8-16(21)19(15)28-13-5-6-17(24)14(9-13)18(25)10-1-3-11(22)4-2-10/h1-9,24H. The molecule has 0 spiro atoms. The fourth-order valence-electron chi connectivity index (χ4n) is 2.38. The van der Waals surface area contributed by atoms with Crippen LogP contribution in [-0.4, -0.2) is 15.8 Å². The topological polar surface area (TPSA) is 89.7 Å². The minimum atomic E-state index is -0.651. The van der Waals surface area contributed by atoms with Crippen molar-refractivity contribution < 1.29 is 24.0 Å². The van der Waals surface area contributed by atoms with Crippen molar-refractivity contribution >= 4 is 34.7 Å². The number of hydrogen-bond acceptors (Lipinski definition) is 5. The molecule has 0 aliphatic rings. The van der Waals surface area contributed by atoms with Gasteiger partial charge in [-0.25, -0.2) is 4.39 Å². The summed E-state index contributed by atoms with van der Waals surface area (Å²) in [5.41, 5.74) is -0.223. The van der Waals surface area contributed by atoms with Crippen LogP contribution < -0.4 is 4.74 Å². The van der Waals surface area contributed by atoms with E-state index in [1.54, 1.807) is 0 Å². The van der Waals surface area contributed by atoms with Gasteiger partial charge in [-0.3, -0.25) is 14.9 Å². The van der Waals surface area contributed by atoms with Crippen LogP contribution in [-0.2, 0) is 0 Å². The first-order valence-electron chi connectivity index (χ1n) is 7.71. The molecule has 0 unspecified atom stereocenters. The molecule has 0 atom stereocenters. The molecule has 0 saturated carbocycles. The lowest BCUT2D eigenvalue weighted by molar-refractivity contribution is -0.384. The molecule has 9 heteroatoms. The Morgan fingerprint density at radius 3 is 2.21 bits per heavy atom. The second-order valence-electron chi connectivity index (χ2n) is 5.61. The van der Waals surface area contributed by atoms with Gasteiger partial charge in [0.2, 0.25) is 0 Å². The number of carbonyl (C=O) groups is 1. The van der Waals surface area contributed by atoms with Crippen LogP contribution in [0.25, 0.3) is 0 Å². The van der Waals surface area contributed by atoms with Crippen LogP contribution in [0.1, 0.15) is 15.9 Å². The third kappa shape index (κ3) is 4.05. The first-order valence-corrected chi connectivity index (χ1v) is 8.46. The van der Waals surface area contributed by atoms with E-state index in [1.807, 2.05) is 0 Å². The predicted octanol–water partition coefficient (Wildman–Crippen LogP) is 5.77. The van der Waals surface area contributed by atoms with Crippen LogP contribution in [0.4, 0.5) is 10.1 Å². The molecule has 0 aliphatic heterocycles. The quantitative estimate of drug-likeness (QED) is 0.320. The Bertz CT molecular complexity index is 1060. The first kappa shape index (κ1) is 19.6. The average Bonchev–Trinajstić information content (AvgIpc) is 2.65. The summed E-state index contributed by atoms with van der Waals surface area (Å²) in [5, 5.41) is 20.7. The zero-order valence-electron chi connectivity index (χ0n) is 13.9. The molecule has 0 bridgehead atoms. The van der Waals surface area contributed by atoms with Gasteiger partial charge in [0.15, 0.2) is 11.5 Å². The van der Waals surface area contributed by atoms with Gasteiger partial charge >= 0.3 is 0 Å². The number of phenols is 1. The maximum absolute atomic E-state index is 13.0. The lowest BCUT2D eigenvalue weighted by Crippen LogP contribution is -2.02. The van der Waals surface area contributed by atoms with Gasteiger partial charge < -0.3 is 9.84 Å². The van der Waals surface area contributed by atoms with Gasteiger partial charge in [-0.1, -0.05) is 23.2 Å². The monoisotopic (exact) mass is 421 g/mol. The lowest BCUT2D eigenvalue weighted by Gasteiger charge is -2.11. The van der Waals surface area contributed by atoms with E-state index in [2.05, 4.69) is 0 Å². The Labute approximate surface area is 167 Å². The summed E-state index contributed by atoms with van der Waals surface area (Å²) in [5.74, 6) is -1.28. The molecule has 3 aromatic rings. The number of aromatic hydroxyl groups is 1. The van der Waals surface area contributed by atoms with Crippen molar-refractivity contribution in [2.75, 3.05) is 0 Å². The number of rotatable bonds is 5. The highest BCUT2D eigenvalue weighted by Crippen LogP contribution is 2.40. The number of carbonyl (C=O) groups excluding carboxylic acids is 1. The van der Waals surface area contributed by atoms with Crippen LogP contribution in [0.2, 0.25) is 10.0 Å². The summed E-state index contributed by atoms with van der Waals surface area (Å²) in [7, 11) is 0. The van der Waals surface area contributed by atoms with Gasteiger partial charge in [0.05, 0.1) is 20.5 Å². The van der Waals surface area contributed by atoms with Crippen LogP contribution in [0.3, 0.4) is 0 Å². The Kier molecular flexibility index (Phi) is 5.48. The molecule has 0 aliphatic carbocycles. The van der Waals surface area contributed by atoms with Crippen LogP contribution in [0.15, 0.2) is 54.6 Å². The number of hydrogen-bond donors (Lipinski definition) is 1. The van der Waals surface area contributed by atoms with Crippen LogP contribution in [0, 0.1) is 15.9 Å². The first-order chi connectivity index (χ1) is 13.3. The van der Waals surface area contributed by atoms with Crippen molar-refractivity contribution in [3.63, 3.8) is 0 Å². The number of nitro groups is 1. The lowest BCUT2D eigenvalue weighted by atomic mass is 10.0. The fraction of sp³-hybridized carbons (Fsp3) is 0. The minimum absolute atomic E-state index is 0.0418. The highest BCUT2D eigenvalue weighted by molar-refractivity contribution is 6.37. The minimum Gasteiger partial charge on any atom is -0.507 e. The van der Waals surface area contributed by atoms with Crippen molar-refractivity contribution in [2.45, 2.75) is 0 Å². The third-order valence-corrected chi connectivity index (χ3v) is 4.29. The molecule has 6 nitrogen and oxygen atoms in total. The summed E-state index contributed by atoms with van der Waals surface area (Å²) in [6, 6.07) is 10.8. The van der Waals surface area contributed by atoms with Crippen molar-refractivity contribution in [1.29, 1.82) is 0 Å². The van der Waals surface area contributed by atoms with Crippen LogP contribution >= 0.6 is 23.2 Å². The number of ketones is 1. The van der Waals surface area contributed by atoms with Gasteiger partial charge in [0.25, 0.3) is 5.69 Å². The Morgan fingerprint density at radius 1 is 1.04 bits per heavy atom. The molecule has 28 heavy (non-hydrogen) atoms. The van der Waals surface area contributed by atoms with Gasteiger partial charge in [-0.15, -0.1) is 0 Å². The molecular weight excluding hydrogens is 412 g/mol. The Hall–Kier alpha value is -3.16. The number of phenolic OH excluding ortho intramolecular Hbond substituents is 1. The van der Waals surface area contributed by atoms with Crippen molar-refractivity contribution in [3.05, 3.63) is 91.7 Å². The number of benzene rings is 3. The molecule has 0 radical (unpaired) electrons. The van der Waals surface area contributed by atoms with Crippen molar-refractivity contribution in [1.82, 2.24) is 0 Å². The number of nitro benzene ring substituents is 1. The van der Waals surface area contributed by atoms with E-state index < -0.39 is 16.5 Å². The molecule has 142 valence electrons. The molecule has 0 saturated heterocycles. The maximum atomic E-state index is 13.0. The van der Waals surface area contributed by atoms with Gasteiger partial charge in [0.1, 0.15) is 17.3 Å². The highest BCUT2D eigenvalue weighted by Gasteiger charge is 2.19. The molecule has 3 aromatic carbocycles. The average molecular weight is 422 g/mol. The molecule has 1 N–H and O–H groups in total. The van der Waals surface area contributed by atoms with E-state index in [0.717, 1.165) is 24.3 Å². The smallest absolute Gasteiger partial charge is 0.272 e. The van der Waals surface area contributed by atoms with E-state index >= 15 is 0 Å². The van der Waals surface area contributed by atoms with Crippen molar-refractivity contribution in [2.24, 2.45) is 0 Å². The largest absolute Gasteiger partial charge is 0.507 e. The maximum Gasteiger partial charge on any atom is 0.272 e. The molecule has 3 rings (SSSR count). The summed E-state index contributed by atoms with van der Waals surface area (Å²) in [6.45, 7) is 0. The summed E-state index contributed by atoms with van der Waals surface area (Å²) >= 11 is 12.0. The molecular formula is C19H10Cl2FNO5. The SMILES string of the molecule is O=C(c1ccc(F)cc1)c1cc(Oc2c(Cl)cc([N+](=O)[O-])cc2Cl)ccc1O. The summed E-state index contributed by atoms with van der Waals surface area (Å²) in [6.07, 6.45) is 0. The van der Waals surface area contributed by atoms with Gasteiger partial charge in [-0.05, 0) is 42.5 Å². The van der Waals surface area contributed by atoms with E-state index in [9.17, 15) is 24.4 Å². The van der Waals surface area contributed by atoms with Crippen LogP contribution in [0.5, 0.6) is 17.2 Å². The second kappa shape index (κ2) is 7.84. The zero-order chi connectivity index (χ0) is 20.4. The van der Waals surface area contributed by atoms with Gasteiger partial charge in [0, 0.05) is 17.7 Å². The zero-order valence-corrected chi connectivity index (χ0v) is 15.4. The predicted molar refractivity (Wildman–Crippen MR) is 101 cm³/mol. The van der Waals surface area contributed by atoms with E-state index in [4.69, 9.17) is 27.9 Å². The summed E-state index contributed by atoms with van der Waals surface area (Å²) < 4.78 is 18.6. The second-order valence-corrected chi connectivity index (χ2v) is 6.43. The summed E-state index contributed by atoms with van der Waals surface area (Å²) in [4.78, 5) is 22.8.